The molecule has 1 fully saturated rings. The highest BCUT2D eigenvalue weighted by molar-refractivity contribution is 8.17. The van der Waals surface area contributed by atoms with Crippen LogP contribution in [0.5, 0.6) is 0 Å². The van der Waals surface area contributed by atoms with Gasteiger partial charge in [0.15, 0.2) is 0 Å². The summed E-state index contributed by atoms with van der Waals surface area (Å²) in [6.45, 7) is 7.56. The van der Waals surface area contributed by atoms with E-state index >= 15 is 0 Å². The van der Waals surface area contributed by atoms with Crippen molar-refractivity contribution < 1.29 is 9.59 Å². The average Bonchev–Trinajstić information content (AvgIpc) is 3.15. The number of thioether (sulfide) groups is 1. The minimum absolute atomic E-state index is 0.0342. The summed E-state index contributed by atoms with van der Waals surface area (Å²) < 4.78 is 0. The fourth-order valence-corrected chi connectivity index (χ4v) is 5.31. The lowest BCUT2D eigenvalue weighted by molar-refractivity contribution is -0.136. The molecule has 4 aliphatic rings. The molecule has 0 N–H and O–H groups in total. The molecule has 1 atom stereocenters. The number of hydrogen-bond acceptors (Lipinski definition) is 5. The molecule has 7 heteroatoms. The van der Waals surface area contributed by atoms with E-state index < -0.39 is 0 Å². The first-order chi connectivity index (χ1) is 12.0. The molecule has 1 aliphatic carbocycles. The van der Waals surface area contributed by atoms with Crippen LogP contribution in [0, 0.1) is 11.8 Å². The topological polar surface area (TPSA) is 65.3 Å². The number of carbonyl (C=O) groups excluding carboxylic acids is 2. The number of carbonyl (C=O) groups is 2. The van der Waals surface area contributed by atoms with Gasteiger partial charge < -0.3 is 4.90 Å². The number of amides is 2. The number of aliphatic imine (C=N–C) groups is 2. The van der Waals surface area contributed by atoms with E-state index in [1.807, 2.05) is 18.7 Å². The van der Waals surface area contributed by atoms with Gasteiger partial charge in [-0.1, -0.05) is 25.6 Å². The Morgan fingerprint density at radius 3 is 2.68 bits per heavy atom. The van der Waals surface area contributed by atoms with Gasteiger partial charge >= 0.3 is 0 Å². The van der Waals surface area contributed by atoms with E-state index in [-0.39, 0.29) is 23.7 Å². The molecular formula is C18H24N4O2S. The highest BCUT2D eigenvalue weighted by Gasteiger charge is 2.41. The first-order valence-corrected chi connectivity index (χ1v) is 9.95. The fraction of sp³-hybridized carbons (Fsp3) is 0.667. The first kappa shape index (κ1) is 17.0. The van der Waals surface area contributed by atoms with E-state index in [4.69, 9.17) is 4.99 Å². The third kappa shape index (κ3) is 3.19. The molecule has 1 saturated heterocycles. The van der Waals surface area contributed by atoms with E-state index in [0.29, 0.717) is 12.4 Å². The molecule has 2 amide bonds. The molecule has 134 valence electrons. The number of amidine groups is 1. The molecule has 6 nitrogen and oxygen atoms in total. The van der Waals surface area contributed by atoms with Crippen LogP contribution in [0.1, 0.15) is 33.1 Å². The Balaban J connectivity index is 1.37. The number of allylic oxidation sites excluding steroid dienone is 1. The Kier molecular flexibility index (Phi) is 4.54. The summed E-state index contributed by atoms with van der Waals surface area (Å²) in [6.07, 6.45) is 3.27. The normalized spacial score (nSPS) is 26.8. The molecule has 0 aromatic carbocycles. The highest BCUT2D eigenvalue weighted by Crippen LogP contribution is 2.48. The zero-order valence-electron chi connectivity index (χ0n) is 14.8. The van der Waals surface area contributed by atoms with Crippen LogP contribution < -0.4 is 0 Å². The van der Waals surface area contributed by atoms with Gasteiger partial charge in [-0.2, -0.15) is 4.99 Å². The zero-order valence-corrected chi connectivity index (χ0v) is 15.6. The van der Waals surface area contributed by atoms with Crippen molar-refractivity contribution in [1.82, 2.24) is 9.80 Å². The third-order valence-electron chi connectivity index (χ3n) is 5.30. The molecule has 0 spiro atoms. The van der Waals surface area contributed by atoms with Crippen molar-refractivity contribution in [3.05, 3.63) is 10.5 Å². The molecule has 0 saturated carbocycles. The van der Waals surface area contributed by atoms with Crippen LogP contribution in [0.25, 0.3) is 0 Å². The second kappa shape index (κ2) is 6.68. The van der Waals surface area contributed by atoms with Gasteiger partial charge in [-0.25, -0.2) is 4.99 Å². The standard InChI is InChI=1S/C18H24N4O2S/c1-11(2)18(24)22-8-6-21(7-9-22)10-14-19-16(23)15-12-4-3-5-13(12)25-17(15)20-14/h11,15H,3-10H2,1-2H3. The molecule has 25 heavy (non-hydrogen) atoms. The van der Waals surface area contributed by atoms with Crippen LogP contribution in [0.3, 0.4) is 0 Å². The fourth-order valence-electron chi connectivity index (χ4n) is 3.94. The maximum absolute atomic E-state index is 12.5. The summed E-state index contributed by atoms with van der Waals surface area (Å²) in [4.78, 5) is 39.1. The monoisotopic (exact) mass is 360 g/mol. The Morgan fingerprint density at radius 1 is 1.20 bits per heavy atom. The highest BCUT2D eigenvalue weighted by atomic mass is 32.2. The second-order valence-corrected chi connectivity index (χ2v) is 8.52. The van der Waals surface area contributed by atoms with Gasteiger partial charge in [0.2, 0.25) is 5.91 Å². The van der Waals surface area contributed by atoms with E-state index in [2.05, 4.69) is 9.89 Å². The van der Waals surface area contributed by atoms with Crippen molar-refractivity contribution in [2.24, 2.45) is 21.8 Å². The number of nitrogens with zero attached hydrogens (tertiary/aromatic N) is 4. The van der Waals surface area contributed by atoms with Gasteiger partial charge in [0.25, 0.3) is 5.91 Å². The van der Waals surface area contributed by atoms with E-state index in [0.717, 1.165) is 50.5 Å². The quantitative estimate of drug-likeness (QED) is 0.771. The van der Waals surface area contributed by atoms with Crippen molar-refractivity contribution in [3.63, 3.8) is 0 Å². The first-order valence-electron chi connectivity index (χ1n) is 9.14. The smallest absolute Gasteiger partial charge is 0.261 e. The van der Waals surface area contributed by atoms with Crippen molar-refractivity contribution in [3.8, 4) is 0 Å². The Hall–Kier alpha value is -1.47. The van der Waals surface area contributed by atoms with Crippen molar-refractivity contribution in [1.29, 1.82) is 0 Å². The molecule has 0 bridgehead atoms. The number of rotatable bonds is 3. The summed E-state index contributed by atoms with van der Waals surface area (Å²) in [7, 11) is 0. The summed E-state index contributed by atoms with van der Waals surface area (Å²) in [5.41, 5.74) is 1.28. The predicted octanol–water partition coefficient (Wildman–Crippen LogP) is 1.92. The Labute approximate surface area is 152 Å². The van der Waals surface area contributed by atoms with Gasteiger partial charge in [-0.3, -0.25) is 14.5 Å². The van der Waals surface area contributed by atoms with Crippen molar-refractivity contribution in [2.45, 2.75) is 33.1 Å². The maximum Gasteiger partial charge on any atom is 0.261 e. The lowest BCUT2D eigenvalue weighted by atomic mass is 9.98. The largest absolute Gasteiger partial charge is 0.340 e. The van der Waals surface area contributed by atoms with Crippen molar-refractivity contribution in [2.75, 3.05) is 32.7 Å². The summed E-state index contributed by atoms with van der Waals surface area (Å²) in [5.74, 6) is 0.688. The summed E-state index contributed by atoms with van der Waals surface area (Å²) in [5, 5.41) is 0.938. The summed E-state index contributed by atoms with van der Waals surface area (Å²) >= 11 is 1.70. The van der Waals surface area contributed by atoms with E-state index in [1.54, 1.807) is 11.8 Å². The lowest BCUT2D eigenvalue weighted by Crippen LogP contribution is -2.51. The second-order valence-electron chi connectivity index (χ2n) is 7.41. The Bertz CT molecular complexity index is 702. The number of piperazine rings is 1. The molecule has 0 aromatic heterocycles. The minimum Gasteiger partial charge on any atom is -0.340 e. The van der Waals surface area contributed by atoms with Gasteiger partial charge in [0.05, 0.1) is 11.6 Å². The van der Waals surface area contributed by atoms with Crippen LogP contribution >= 0.6 is 11.8 Å². The molecule has 0 radical (unpaired) electrons. The molecule has 0 aromatic rings. The van der Waals surface area contributed by atoms with Crippen molar-refractivity contribution >= 4 is 34.5 Å². The molecule has 1 unspecified atom stereocenters. The number of fused-ring (bicyclic) bond motifs is 2. The maximum atomic E-state index is 12.5. The third-order valence-corrected chi connectivity index (χ3v) is 6.55. The Morgan fingerprint density at radius 2 is 1.96 bits per heavy atom. The van der Waals surface area contributed by atoms with E-state index in [1.165, 1.54) is 10.5 Å². The van der Waals surface area contributed by atoms with Crippen LogP contribution in [-0.2, 0) is 9.59 Å². The number of hydrogen-bond donors (Lipinski definition) is 0. The average molecular weight is 360 g/mol. The van der Waals surface area contributed by atoms with Gasteiger partial charge in [-0.05, 0) is 29.7 Å². The molecule has 3 aliphatic heterocycles. The lowest BCUT2D eigenvalue weighted by Gasteiger charge is -2.35. The van der Waals surface area contributed by atoms with Crippen LogP contribution in [0.2, 0.25) is 0 Å². The van der Waals surface area contributed by atoms with Crippen LogP contribution in [0.4, 0.5) is 0 Å². The molecular weight excluding hydrogens is 336 g/mol. The van der Waals surface area contributed by atoms with Crippen LogP contribution in [-0.4, -0.2) is 65.2 Å². The summed E-state index contributed by atoms with van der Waals surface area (Å²) in [6, 6.07) is 0. The van der Waals surface area contributed by atoms with Gasteiger partial charge in [0, 0.05) is 32.1 Å². The SMILES string of the molecule is CC(C)C(=O)N1CCN(CC2=NC(=O)C3C(=N2)SC2=C3CCC2)CC1. The van der Waals surface area contributed by atoms with Gasteiger partial charge in [-0.15, -0.1) is 0 Å². The minimum atomic E-state index is -0.174. The van der Waals surface area contributed by atoms with Crippen LogP contribution in [0.15, 0.2) is 20.5 Å². The zero-order chi connectivity index (χ0) is 17.6. The predicted molar refractivity (Wildman–Crippen MR) is 99.7 cm³/mol. The van der Waals surface area contributed by atoms with E-state index in [9.17, 15) is 9.59 Å². The molecule has 4 rings (SSSR count). The molecule has 3 heterocycles. The van der Waals surface area contributed by atoms with Gasteiger partial charge in [0.1, 0.15) is 11.8 Å².